The smallest absolute Gasteiger partial charge is 0.306 e. The molecule has 0 aromatic heterocycles. The molecule has 1 fully saturated rings. The fourth-order valence-corrected chi connectivity index (χ4v) is 3.50. The monoisotopic (exact) mass is 385 g/mol. The van der Waals surface area contributed by atoms with E-state index in [1.807, 2.05) is 18.2 Å². The summed E-state index contributed by atoms with van der Waals surface area (Å²) in [7, 11) is 0. The van der Waals surface area contributed by atoms with Crippen molar-refractivity contribution in [1.82, 2.24) is 5.32 Å². The average molecular weight is 385 g/mol. The van der Waals surface area contributed by atoms with Crippen molar-refractivity contribution in [3.63, 3.8) is 0 Å². The minimum absolute atomic E-state index is 0.110. The van der Waals surface area contributed by atoms with Crippen LogP contribution in [0.5, 0.6) is 11.5 Å². The van der Waals surface area contributed by atoms with Crippen LogP contribution < -0.4 is 10.1 Å². The lowest BCUT2D eigenvalue weighted by Gasteiger charge is -2.26. The fourth-order valence-electron chi connectivity index (χ4n) is 3.50. The van der Waals surface area contributed by atoms with Crippen molar-refractivity contribution in [3.8, 4) is 11.5 Å². The number of rotatable bonds is 6. The van der Waals surface area contributed by atoms with Crippen LogP contribution in [0, 0.1) is 17.7 Å². The number of carbonyl (C=O) groups is 2. The molecule has 1 atom stereocenters. The Morgan fingerprint density at radius 1 is 1.07 bits per heavy atom. The van der Waals surface area contributed by atoms with Gasteiger partial charge in [0.2, 0.25) is 5.91 Å². The zero-order valence-corrected chi connectivity index (χ0v) is 15.7. The van der Waals surface area contributed by atoms with Gasteiger partial charge in [-0.05, 0) is 62.4 Å². The molecule has 0 bridgehead atoms. The van der Waals surface area contributed by atoms with E-state index in [1.54, 1.807) is 31.2 Å². The van der Waals surface area contributed by atoms with Gasteiger partial charge in [-0.25, -0.2) is 4.39 Å². The zero-order valence-electron chi connectivity index (χ0n) is 15.7. The first-order valence-corrected chi connectivity index (χ1v) is 9.49. The maximum Gasteiger partial charge on any atom is 0.306 e. The number of hydrogen-bond acceptors (Lipinski definition) is 3. The summed E-state index contributed by atoms with van der Waals surface area (Å²) in [5.41, 5.74) is 0.644. The van der Waals surface area contributed by atoms with E-state index in [9.17, 15) is 14.0 Å². The zero-order chi connectivity index (χ0) is 20.1. The minimum Gasteiger partial charge on any atom is -0.481 e. The first-order valence-electron chi connectivity index (χ1n) is 9.49. The number of carboxylic acid groups (broad SMARTS) is 1. The molecule has 1 aliphatic rings. The van der Waals surface area contributed by atoms with Crippen LogP contribution in [0.15, 0.2) is 48.5 Å². The molecular formula is C22H24FNO4. The first kappa shape index (κ1) is 19.9. The second kappa shape index (κ2) is 8.87. The molecule has 28 heavy (non-hydrogen) atoms. The van der Waals surface area contributed by atoms with Gasteiger partial charge in [0.05, 0.1) is 12.0 Å². The van der Waals surface area contributed by atoms with Gasteiger partial charge in [0.1, 0.15) is 5.75 Å². The molecule has 6 heteroatoms. The molecule has 2 aromatic rings. The number of carboxylic acids is 1. The maximum absolute atomic E-state index is 14.4. The van der Waals surface area contributed by atoms with Gasteiger partial charge in [0.15, 0.2) is 11.6 Å². The molecule has 1 amide bonds. The number of nitrogens with one attached hydrogen (secondary N) is 1. The highest BCUT2D eigenvalue weighted by Gasteiger charge is 2.30. The number of benzene rings is 2. The minimum atomic E-state index is -0.791. The van der Waals surface area contributed by atoms with E-state index in [2.05, 4.69) is 5.32 Å². The second-order valence-electron chi connectivity index (χ2n) is 7.22. The van der Waals surface area contributed by atoms with Crippen LogP contribution in [0.3, 0.4) is 0 Å². The predicted octanol–water partition coefficient (Wildman–Crippen LogP) is 4.69. The number of aliphatic carboxylic acids is 1. The summed E-state index contributed by atoms with van der Waals surface area (Å²) >= 11 is 0. The number of hydrogen-bond donors (Lipinski definition) is 2. The molecular weight excluding hydrogens is 361 g/mol. The summed E-state index contributed by atoms with van der Waals surface area (Å²) in [5.74, 6) is -1.27. The van der Waals surface area contributed by atoms with Crippen LogP contribution in [0.25, 0.3) is 0 Å². The lowest BCUT2D eigenvalue weighted by Crippen LogP contribution is -2.35. The summed E-state index contributed by atoms with van der Waals surface area (Å²) in [6, 6.07) is 13.3. The van der Waals surface area contributed by atoms with Crippen molar-refractivity contribution < 1.29 is 23.8 Å². The molecule has 0 aliphatic heterocycles. The Balaban J connectivity index is 1.58. The van der Waals surface area contributed by atoms with Gasteiger partial charge >= 0.3 is 5.97 Å². The Morgan fingerprint density at radius 3 is 2.32 bits per heavy atom. The molecule has 148 valence electrons. The Morgan fingerprint density at radius 2 is 1.71 bits per heavy atom. The molecule has 2 aromatic carbocycles. The molecule has 0 heterocycles. The van der Waals surface area contributed by atoms with Crippen molar-refractivity contribution in [3.05, 3.63) is 59.9 Å². The third kappa shape index (κ3) is 4.88. The van der Waals surface area contributed by atoms with Gasteiger partial charge in [-0.1, -0.05) is 24.3 Å². The van der Waals surface area contributed by atoms with Crippen molar-refractivity contribution in [2.45, 2.75) is 38.6 Å². The van der Waals surface area contributed by atoms with Crippen molar-refractivity contribution in [2.75, 3.05) is 0 Å². The second-order valence-corrected chi connectivity index (χ2v) is 7.22. The van der Waals surface area contributed by atoms with Crippen LogP contribution in [-0.2, 0) is 9.59 Å². The third-order valence-electron chi connectivity index (χ3n) is 5.23. The van der Waals surface area contributed by atoms with Crippen molar-refractivity contribution in [1.29, 1.82) is 0 Å². The largest absolute Gasteiger partial charge is 0.481 e. The Kier molecular flexibility index (Phi) is 6.29. The van der Waals surface area contributed by atoms with E-state index in [4.69, 9.17) is 9.84 Å². The lowest BCUT2D eigenvalue weighted by molar-refractivity contribution is -0.144. The number of amides is 1. The van der Waals surface area contributed by atoms with E-state index in [0.717, 1.165) is 0 Å². The van der Waals surface area contributed by atoms with Crippen LogP contribution in [0.2, 0.25) is 0 Å². The predicted molar refractivity (Wildman–Crippen MR) is 103 cm³/mol. The van der Waals surface area contributed by atoms with Gasteiger partial charge in [0, 0.05) is 5.92 Å². The number of carbonyl (C=O) groups excluding carboxylic acids is 1. The molecule has 0 spiro atoms. The normalized spacial score (nSPS) is 20.2. The molecule has 0 radical (unpaired) electrons. The maximum atomic E-state index is 14.4. The van der Waals surface area contributed by atoms with Crippen LogP contribution in [0.1, 0.15) is 44.2 Å². The van der Waals surface area contributed by atoms with Crippen LogP contribution >= 0.6 is 0 Å². The molecule has 1 unspecified atom stereocenters. The fraction of sp³-hybridized carbons (Fsp3) is 0.364. The molecule has 1 aliphatic carbocycles. The van der Waals surface area contributed by atoms with Crippen molar-refractivity contribution in [2.24, 2.45) is 11.8 Å². The van der Waals surface area contributed by atoms with Gasteiger partial charge in [-0.15, -0.1) is 0 Å². The molecule has 0 saturated heterocycles. The Hall–Kier alpha value is -2.89. The quantitative estimate of drug-likeness (QED) is 0.757. The summed E-state index contributed by atoms with van der Waals surface area (Å²) in [4.78, 5) is 23.5. The summed E-state index contributed by atoms with van der Waals surface area (Å²) in [6.07, 6.45) is 2.16. The van der Waals surface area contributed by atoms with E-state index >= 15 is 0 Å². The van der Waals surface area contributed by atoms with E-state index < -0.39 is 11.8 Å². The number of para-hydroxylation sites is 1. The topological polar surface area (TPSA) is 75.6 Å². The van der Waals surface area contributed by atoms with Crippen molar-refractivity contribution >= 4 is 11.9 Å². The summed E-state index contributed by atoms with van der Waals surface area (Å²) in [5, 5.41) is 12.0. The van der Waals surface area contributed by atoms with E-state index in [0.29, 0.717) is 37.0 Å². The highest BCUT2D eigenvalue weighted by atomic mass is 19.1. The first-order chi connectivity index (χ1) is 13.4. The summed E-state index contributed by atoms with van der Waals surface area (Å²) < 4.78 is 20.0. The molecule has 2 N–H and O–H groups in total. The van der Waals surface area contributed by atoms with Crippen LogP contribution in [0.4, 0.5) is 4.39 Å². The van der Waals surface area contributed by atoms with E-state index in [1.165, 1.54) is 6.07 Å². The number of ether oxygens (including phenoxy) is 1. The highest BCUT2D eigenvalue weighted by Crippen LogP contribution is 2.30. The third-order valence-corrected chi connectivity index (χ3v) is 5.23. The summed E-state index contributed by atoms with van der Waals surface area (Å²) in [6.45, 7) is 1.80. The van der Waals surface area contributed by atoms with Gasteiger partial charge in [-0.3, -0.25) is 9.59 Å². The standard InChI is InChI=1S/C22H24FNO4/c1-14(24-21(25)15-7-9-16(10-8-15)22(26)27)17-11-12-20(19(23)13-17)28-18-5-3-2-4-6-18/h2-6,11-16H,7-10H2,1H3,(H,24,25)(H,26,27). The Bertz CT molecular complexity index is 832. The highest BCUT2D eigenvalue weighted by molar-refractivity contribution is 5.79. The molecule has 3 rings (SSSR count). The van der Waals surface area contributed by atoms with Gasteiger partial charge in [0.25, 0.3) is 0 Å². The SMILES string of the molecule is CC(NC(=O)C1CCC(C(=O)O)CC1)c1ccc(Oc2ccccc2)c(F)c1. The number of halogens is 1. The lowest BCUT2D eigenvalue weighted by atomic mass is 9.81. The van der Waals surface area contributed by atoms with Crippen LogP contribution in [-0.4, -0.2) is 17.0 Å². The Labute approximate surface area is 163 Å². The molecule has 5 nitrogen and oxygen atoms in total. The average Bonchev–Trinajstić information content (AvgIpc) is 2.70. The van der Waals surface area contributed by atoms with Gasteiger partial charge < -0.3 is 15.2 Å². The van der Waals surface area contributed by atoms with E-state index in [-0.39, 0.29) is 29.5 Å². The molecule has 1 saturated carbocycles. The van der Waals surface area contributed by atoms with Gasteiger partial charge in [-0.2, -0.15) is 0 Å².